The molecule has 0 spiro atoms. The number of carbonyl (C=O) groups excluding carboxylic acids is 1. The molecule has 1 aliphatic rings. The number of rotatable bonds is 6. The number of ketones is 1. The highest BCUT2D eigenvalue weighted by Gasteiger charge is 2.42. The average molecular weight is 457 g/mol. The second-order valence-electron chi connectivity index (χ2n) is 7.92. The van der Waals surface area contributed by atoms with Crippen molar-refractivity contribution in [2.24, 2.45) is 7.05 Å². The van der Waals surface area contributed by atoms with Gasteiger partial charge in [-0.15, -0.1) is 0 Å². The molecule has 29 heavy (non-hydrogen) atoms. The summed E-state index contributed by atoms with van der Waals surface area (Å²) in [7, 11) is -4.83. The van der Waals surface area contributed by atoms with E-state index in [1.165, 1.54) is 23.0 Å². The van der Waals surface area contributed by atoms with Crippen LogP contribution in [0.5, 0.6) is 5.88 Å². The van der Waals surface area contributed by atoms with Crippen LogP contribution in [0.4, 0.5) is 0 Å². The van der Waals surface area contributed by atoms with Crippen molar-refractivity contribution in [1.29, 1.82) is 0 Å². The van der Waals surface area contributed by atoms with Crippen LogP contribution in [0.15, 0.2) is 23.2 Å². The summed E-state index contributed by atoms with van der Waals surface area (Å²) in [6.45, 7) is 7.30. The first kappa shape index (κ1) is 21.9. The third-order valence-electron chi connectivity index (χ3n) is 5.02. The van der Waals surface area contributed by atoms with Crippen molar-refractivity contribution in [3.8, 4) is 5.88 Å². The summed E-state index contributed by atoms with van der Waals surface area (Å²) >= 11 is 5.05. The van der Waals surface area contributed by atoms with E-state index in [-0.39, 0.29) is 33.6 Å². The van der Waals surface area contributed by atoms with Crippen LogP contribution in [0.25, 0.3) is 0 Å². The van der Waals surface area contributed by atoms with Crippen LogP contribution in [-0.4, -0.2) is 39.7 Å². The van der Waals surface area contributed by atoms with E-state index in [2.05, 4.69) is 5.10 Å². The zero-order valence-electron chi connectivity index (χ0n) is 17.0. The standard InChI is InChI=1S/C19H24N2O5S3/c1-6-9-29(25,27)26-18-14(10-20-21(18)5)17(22)13-7-8-15-16(12(13)2)19(3,4)11-28(15,23)24/h7-8,10H,6,9,11H2,1-5H3. The van der Waals surface area contributed by atoms with Crippen molar-refractivity contribution in [2.75, 3.05) is 11.5 Å². The van der Waals surface area contributed by atoms with E-state index in [9.17, 15) is 17.4 Å². The van der Waals surface area contributed by atoms with Crippen LogP contribution in [0.3, 0.4) is 0 Å². The van der Waals surface area contributed by atoms with Crippen molar-refractivity contribution in [2.45, 2.75) is 44.4 Å². The SMILES string of the molecule is CCCS(=O)(=S)Oc1c(C(=O)c2ccc3c(c2C)C(C)(C)CS3(=O)=O)cnn1C. The first-order chi connectivity index (χ1) is 13.3. The molecule has 1 aromatic carbocycles. The highest BCUT2D eigenvalue weighted by Crippen LogP contribution is 2.42. The lowest BCUT2D eigenvalue weighted by molar-refractivity contribution is 0.103. The van der Waals surface area contributed by atoms with Crippen LogP contribution in [0.1, 0.15) is 54.2 Å². The lowest BCUT2D eigenvalue weighted by atomic mass is 9.81. The van der Waals surface area contributed by atoms with Gasteiger partial charge < -0.3 is 4.18 Å². The molecule has 0 radical (unpaired) electrons. The highest BCUT2D eigenvalue weighted by atomic mass is 32.8. The van der Waals surface area contributed by atoms with Gasteiger partial charge in [-0.05, 0) is 36.6 Å². The number of aromatic nitrogens is 2. The number of hydrogen-bond donors (Lipinski definition) is 0. The van der Waals surface area contributed by atoms with Gasteiger partial charge in [0.2, 0.25) is 5.88 Å². The first-order valence-corrected chi connectivity index (χ1v) is 13.4. The monoisotopic (exact) mass is 456 g/mol. The number of carbonyl (C=O) groups is 1. The van der Waals surface area contributed by atoms with E-state index in [1.54, 1.807) is 14.0 Å². The molecule has 10 heteroatoms. The molecule has 1 aromatic heterocycles. The fourth-order valence-corrected chi connectivity index (χ4v) is 7.88. The molecule has 0 saturated carbocycles. The van der Waals surface area contributed by atoms with Crippen molar-refractivity contribution in [3.05, 3.63) is 40.6 Å². The van der Waals surface area contributed by atoms with Crippen LogP contribution >= 0.6 is 0 Å². The minimum Gasteiger partial charge on any atom is -0.379 e. The molecule has 3 rings (SSSR count). The number of nitrogens with zero attached hydrogens (tertiary/aromatic N) is 2. The zero-order chi connectivity index (χ0) is 21.8. The van der Waals surface area contributed by atoms with Crippen LogP contribution in [-0.2, 0) is 42.3 Å². The predicted molar refractivity (Wildman–Crippen MR) is 114 cm³/mol. The maximum atomic E-state index is 13.3. The third kappa shape index (κ3) is 3.85. The molecule has 158 valence electrons. The Bertz CT molecular complexity index is 1210. The zero-order valence-corrected chi connectivity index (χ0v) is 19.5. The van der Waals surface area contributed by atoms with Gasteiger partial charge in [-0.3, -0.25) is 4.79 Å². The van der Waals surface area contributed by atoms with Crippen LogP contribution in [0, 0.1) is 6.92 Å². The second kappa shape index (κ2) is 7.17. The van der Waals surface area contributed by atoms with Crippen LogP contribution in [0.2, 0.25) is 0 Å². The van der Waals surface area contributed by atoms with Gasteiger partial charge in [0.15, 0.2) is 24.4 Å². The lowest BCUT2D eigenvalue weighted by Gasteiger charge is -2.21. The van der Waals surface area contributed by atoms with Gasteiger partial charge in [0.25, 0.3) is 0 Å². The van der Waals surface area contributed by atoms with Crippen molar-refractivity contribution in [3.63, 3.8) is 0 Å². The second-order valence-corrected chi connectivity index (χ2v) is 13.1. The summed E-state index contributed by atoms with van der Waals surface area (Å²) in [6, 6.07) is 3.01. The Morgan fingerprint density at radius 1 is 1.34 bits per heavy atom. The van der Waals surface area contributed by atoms with Crippen molar-refractivity contribution in [1.82, 2.24) is 9.78 Å². The largest absolute Gasteiger partial charge is 0.379 e. The molecule has 1 aliphatic heterocycles. The summed E-state index contributed by atoms with van der Waals surface area (Å²) < 4.78 is 44.3. The van der Waals surface area contributed by atoms with Crippen molar-refractivity contribution >= 4 is 35.6 Å². The molecule has 1 unspecified atom stereocenters. The Morgan fingerprint density at radius 3 is 2.62 bits per heavy atom. The van der Waals surface area contributed by atoms with Crippen LogP contribution < -0.4 is 4.18 Å². The van der Waals surface area contributed by atoms with Gasteiger partial charge in [-0.2, -0.15) is 5.10 Å². The number of hydrogen-bond acceptors (Lipinski definition) is 7. The Balaban J connectivity index is 2.11. The molecule has 2 aromatic rings. The maximum Gasteiger partial charge on any atom is 0.240 e. The Labute approximate surface area is 176 Å². The molecule has 0 saturated heterocycles. The molecule has 2 heterocycles. The van der Waals surface area contributed by atoms with E-state index in [4.69, 9.17) is 15.4 Å². The summed E-state index contributed by atoms with van der Waals surface area (Å²) in [6.07, 6.45) is 1.93. The summed E-state index contributed by atoms with van der Waals surface area (Å²) in [4.78, 5) is 13.6. The molecule has 7 nitrogen and oxygen atoms in total. The molecule has 0 bridgehead atoms. The van der Waals surface area contributed by atoms with Crippen molar-refractivity contribution < 1.29 is 21.6 Å². The van der Waals surface area contributed by atoms with E-state index in [0.29, 0.717) is 23.1 Å². The van der Waals surface area contributed by atoms with Gasteiger partial charge in [0.05, 0.1) is 22.6 Å². The van der Waals surface area contributed by atoms with E-state index in [1.807, 2.05) is 20.8 Å². The fourth-order valence-electron chi connectivity index (χ4n) is 3.90. The molecule has 0 amide bonds. The van der Waals surface area contributed by atoms with E-state index in [0.717, 1.165) is 0 Å². The average Bonchev–Trinajstić information content (AvgIpc) is 3.01. The van der Waals surface area contributed by atoms with Gasteiger partial charge in [0, 0.05) is 29.2 Å². The molecule has 0 N–H and O–H groups in total. The lowest BCUT2D eigenvalue weighted by Crippen LogP contribution is -2.21. The first-order valence-electron chi connectivity index (χ1n) is 9.16. The van der Waals surface area contributed by atoms with Gasteiger partial charge in [-0.1, -0.05) is 20.8 Å². The Kier molecular flexibility index (Phi) is 5.42. The molecule has 0 aliphatic carbocycles. The fraction of sp³-hybridized carbons (Fsp3) is 0.474. The van der Waals surface area contributed by atoms with E-state index >= 15 is 0 Å². The normalized spacial score (nSPS) is 18.8. The number of sulfone groups is 1. The highest BCUT2D eigenvalue weighted by molar-refractivity contribution is 8.30. The van der Waals surface area contributed by atoms with Gasteiger partial charge in [-0.25, -0.2) is 17.3 Å². The Hall–Kier alpha value is -1.78. The molecular formula is C19H24N2O5S3. The summed E-state index contributed by atoms with van der Waals surface area (Å²) in [5.41, 5.74) is 1.17. The number of benzene rings is 1. The molecular weight excluding hydrogens is 432 g/mol. The van der Waals surface area contributed by atoms with Gasteiger partial charge in [0.1, 0.15) is 5.56 Å². The predicted octanol–water partition coefficient (Wildman–Crippen LogP) is 2.47. The van der Waals surface area contributed by atoms with Gasteiger partial charge >= 0.3 is 0 Å². The minimum absolute atomic E-state index is 0.00407. The topological polar surface area (TPSA) is 95.3 Å². The summed E-state index contributed by atoms with van der Waals surface area (Å²) in [5.74, 6) is -0.139. The quantitative estimate of drug-likeness (QED) is 0.616. The minimum atomic E-state index is -3.38. The number of aryl methyl sites for hydroxylation is 1. The summed E-state index contributed by atoms with van der Waals surface area (Å²) in [5, 5.41) is 4.06. The molecule has 1 atom stereocenters. The van der Waals surface area contributed by atoms with E-state index < -0.39 is 24.0 Å². The Morgan fingerprint density at radius 2 is 2.00 bits per heavy atom. The third-order valence-corrected chi connectivity index (χ3v) is 9.16. The smallest absolute Gasteiger partial charge is 0.240 e. The number of fused-ring (bicyclic) bond motifs is 1. The molecule has 0 fully saturated rings. The maximum absolute atomic E-state index is 13.3.